The van der Waals surface area contributed by atoms with Crippen LogP contribution in [0.2, 0.25) is 0 Å². The Kier molecular flexibility index (Phi) is 32.3. The topological polar surface area (TPSA) is 394 Å². The minimum atomic E-state index is -1.96. The lowest BCUT2D eigenvalue weighted by Gasteiger charge is -2.34. The molecule has 0 radical (unpaired) electrons. The van der Waals surface area contributed by atoms with Gasteiger partial charge < -0.3 is 107 Å². The molecule has 0 aliphatic heterocycles. The Morgan fingerprint density at radius 2 is 0.557 bits per heavy atom. The molecule has 0 bridgehead atoms. The van der Waals surface area contributed by atoms with Crippen molar-refractivity contribution in [1.29, 1.82) is 0 Å². The summed E-state index contributed by atoms with van der Waals surface area (Å²) in [5.74, 6) is -0.350. The Bertz CT molecular complexity index is 1030. The number of unbranched alkanes of at least 4 members (excludes halogenated alkanes) is 2. The molecule has 22 heteroatoms. The minimum Gasteiger partial charge on any atom is -0.396 e. The average Bonchev–Trinajstić information content (AvgIpc) is 3.24. The van der Waals surface area contributed by atoms with Gasteiger partial charge in [-0.25, -0.2) is 0 Å². The fourth-order valence-electron chi connectivity index (χ4n) is 6.77. The van der Waals surface area contributed by atoms with Crippen LogP contribution >= 0.6 is 0 Å². The molecule has 0 saturated carbocycles. The van der Waals surface area contributed by atoms with Crippen molar-refractivity contribution >= 4 is 0 Å². The SMILES string of the molecule is CC(C)CCCCN(CCCCN(CCCN(CC(O)C(O)C(O)C(C)CO)CC(O)C(O)C(O)C(O)CO)CC(O)C(O)C(O)C(O)CO)CC(O)C(O)C(O)C(O)CO. The van der Waals surface area contributed by atoms with Gasteiger partial charge in [0.1, 0.15) is 61.0 Å². The number of nitrogens with zero attached hydrogens (tertiary/aromatic N) is 3. The second kappa shape index (κ2) is 32.7. The van der Waals surface area contributed by atoms with E-state index in [1.54, 1.807) is 4.90 Å². The van der Waals surface area contributed by atoms with Gasteiger partial charge in [-0.1, -0.05) is 33.6 Å². The van der Waals surface area contributed by atoms with Gasteiger partial charge in [-0.3, -0.25) is 4.90 Å². The maximum atomic E-state index is 10.9. The second-order valence-electron chi connectivity index (χ2n) is 16.9. The molecule has 0 rings (SSSR count). The van der Waals surface area contributed by atoms with E-state index in [1.165, 1.54) is 11.8 Å². The van der Waals surface area contributed by atoms with Crippen LogP contribution in [-0.2, 0) is 0 Å². The summed E-state index contributed by atoms with van der Waals surface area (Å²) in [7, 11) is 0. The van der Waals surface area contributed by atoms with Crippen LogP contribution in [0, 0.1) is 11.8 Å². The van der Waals surface area contributed by atoms with Crippen LogP contribution in [0.1, 0.15) is 59.3 Å². The summed E-state index contributed by atoms with van der Waals surface area (Å²) in [6, 6.07) is 0. The molecule has 16 atom stereocenters. The van der Waals surface area contributed by atoms with Crippen molar-refractivity contribution in [2.24, 2.45) is 11.8 Å². The molecule has 0 aliphatic rings. The van der Waals surface area contributed by atoms with Crippen LogP contribution in [0.4, 0.5) is 0 Å². The van der Waals surface area contributed by atoms with E-state index in [0.717, 1.165) is 19.3 Å². The first kappa shape index (κ1) is 60.1. The molecule has 22 nitrogen and oxygen atoms in total. The molecular formula is C39H83N3O19. The first-order valence-corrected chi connectivity index (χ1v) is 21.4. The lowest BCUT2D eigenvalue weighted by atomic mass is 9.96. The molecule has 0 heterocycles. The predicted octanol–water partition coefficient (Wildman–Crippen LogP) is -8.09. The van der Waals surface area contributed by atoms with Crippen molar-refractivity contribution in [3.63, 3.8) is 0 Å². The van der Waals surface area contributed by atoms with E-state index in [-0.39, 0.29) is 39.1 Å². The van der Waals surface area contributed by atoms with Crippen LogP contribution in [0.15, 0.2) is 0 Å². The summed E-state index contributed by atoms with van der Waals surface area (Å²) >= 11 is 0. The second-order valence-corrected chi connectivity index (χ2v) is 16.9. The van der Waals surface area contributed by atoms with Crippen molar-refractivity contribution in [1.82, 2.24) is 14.7 Å². The molecule has 16 unspecified atom stereocenters. The van der Waals surface area contributed by atoms with Crippen molar-refractivity contribution in [2.45, 2.75) is 151 Å². The van der Waals surface area contributed by atoms with E-state index in [2.05, 4.69) is 13.8 Å². The molecule has 0 spiro atoms. The van der Waals surface area contributed by atoms with Crippen LogP contribution in [0.5, 0.6) is 0 Å². The third-order valence-electron chi connectivity index (χ3n) is 11.0. The van der Waals surface area contributed by atoms with Gasteiger partial charge >= 0.3 is 0 Å². The lowest BCUT2D eigenvalue weighted by Crippen LogP contribution is -2.53. The molecule has 0 aliphatic carbocycles. The molecular weight excluding hydrogens is 814 g/mol. The highest BCUT2D eigenvalue weighted by molar-refractivity contribution is 4.87. The summed E-state index contributed by atoms with van der Waals surface area (Å²) in [6.45, 7) is 2.61. The average molecular weight is 898 g/mol. The smallest absolute Gasteiger partial charge is 0.111 e. The quantitative estimate of drug-likeness (QED) is 0.0256. The number of hydrogen-bond donors (Lipinski definition) is 19. The Balaban J connectivity index is 6.15. The van der Waals surface area contributed by atoms with Gasteiger partial charge in [0.05, 0.1) is 50.3 Å². The van der Waals surface area contributed by atoms with Gasteiger partial charge in [0.25, 0.3) is 0 Å². The zero-order valence-corrected chi connectivity index (χ0v) is 36.1. The van der Waals surface area contributed by atoms with E-state index in [4.69, 9.17) is 5.11 Å². The number of aliphatic hydroxyl groups excluding tert-OH is 19. The predicted molar refractivity (Wildman–Crippen MR) is 219 cm³/mol. The molecule has 0 fully saturated rings. The summed E-state index contributed by atoms with van der Waals surface area (Å²) in [6.07, 6.45) is -22.5. The fraction of sp³-hybridized carbons (Fsp3) is 1.00. The summed E-state index contributed by atoms with van der Waals surface area (Å²) in [4.78, 5) is 4.97. The molecule has 0 amide bonds. The van der Waals surface area contributed by atoms with Crippen molar-refractivity contribution in [3.8, 4) is 0 Å². The van der Waals surface area contributed by atoms with Gasteiger partial charge in [-0.2, -0.15) is 0 Å². The zero-order chi connectivity index (χ0) is 47.0. The van der Waals surface area contributed by atoms with Gasteiger partial charge in [-0.15, -0.1) is 0 Å². The zero-order valence-electron chi connectivity index (χ0n) is 36.1. The van der Waals surface area contributed by atoms with Crippen molar-refractivity contribution in [2.75, 3.05) is 85.3 Å². The first-order valence-electron chi connectivity index (χ1n) is 21.4. The Morgan fingerprint density at radius 3 is 0.869 bits per heavy atom. The summed E-state index contributed by atoms with van der Waals surface area (Å²) in [5.41, 5.74) is 0. The Labute approximate surface area is 359 Å². The Morgan fingerprint density at radius 1 is 0.295 bits per heavy atom. The van der Waals surface area contributed by atoms with Gasteiger partial charge in [-0.05, 0) is 64.3 Å². The first-order chi connectivity index (χ1) is 28.6. The van der Waals surface area contributed by atoms with E-state index in [9.17, 15) is 91.9 Å². The monoisotopic (exact) mass is 898 g/mol. The van der Waals surface area contributed by atoms with E-state index >= 15 is 0 Å². The normalized spacial score (nSPS) is 20.8. The maximum Gasteiger partial charge on any atom is 0.111 e. The van der Waals surface area contributed by atoms with E-state index in [1.807, 2.05) is 4.90 Å². The third kappa shape index (κ3) is 23.2. The van der Waals surface area contributed by atoms with E-state index in [0.29, 0.717) is 31.8 Å². The molecule has 368 valence electrons. The van der Waals surface area contributed by atoms with Gasteiger partial charge in [0, 0.05) is 38.7 Å². The fourth-order valence-corrected chi connectivity index (χ4v) is 6.77. The molecule has 0 aromatic carbocycles. The van der Waals surface area contributed by atoms with Gasteiger partial charge in [0.2, 0.25) is 0 Å². The van der Waals surface area contributed by atoms with E-state index < -0.39 is 137 Å². The highest BCUT2D eigenvalue weighted by atomic mass is 16.4. The summed E-state index contributed by atoms with van der Waals surface area (Å²) < 4.78 is 0. The van der Waals surface area contributed by atoms with Crippen LogP contribution in [0.25, 0.3) is 0 Å². The highest BCUT2D eigenvalue weighted by Gasteiger charge is 2.35. The minimum absolute atomic E-state index is 0.0000568. The van der Waals surface area contributed by atoms with Crippen LogP contribution < -0.4 is 0 Å². The van der Waals surface area contributed by atoms with Crippen molar-refractivity contribution < 1.29 is 97.0 Å². The van der Waals surface area contributed by atoms with Crippen molar-refractivity contribution in [3.05, 3.63) is 0 Å². The Hall–Kier alpha value is -0.880. The van der Waals surface area contributed by atoms with Crippen LogP contribution in [0.3, 0.4) is 0 Å². The number of rotatable bonds is 38. The van der Waals surface area contributed by atoms with Crippen LogP contribution in [-0.4, -0.2) is 289 Å². The lowest BCUT2D eigenvalue weighted by molar-refractivity contribution is -0.124. The highest BCUT2D eigenvalue weighted by Crippen LogP contribution is 2.16. The number of aliphatic hydroxyl groups is 19. The maximum absolute atomic E-state index is 10.9. The molecule has 0 aromatic heterocycles. The molecule has 0 aromatic rings. The molecule has 61 heavy (non-hydrogen) atoms. The van der Waals surface area contributed by atoms with Gasteiger partial charge in [0.15, 0.2) is 0 Å². The largest absolute Gasteiger partial charge is 0.396 e. The molecule has 0 saturated heterocycles. The standard InChI is InChI=1S/C39H83N3O19/c1-23(2)9-4-5-10-40(15-25(47)34(56)37(59)29(51)20-44)11-6-7-12-41(16-26(48)35(57)38(60)30(52)21-45)13-8-14-42(17-27(49)33(55)32(54)24(3)19-43)18-28(50)36(58)39(61)31(53)22-46/h23-39,43-61H,4-22H2,1-3H3. The summed E-state index contributed by atoms with van der Waals surface area (Å²) in [5, 5.41) is 192. The molecule has 19 N–H and O–H groups in total. The number of hydrogen-bond acceptors (Lipinski definition) is 22. The third-order valence-corrected chi connectivity index (χ3v) is 11.0.